The number of rotatable bonds is 4. The van der Waals surface area contributed by atoms with Crippen LogP contribution in [0.15, 0.2) is 45.3 Å². The third-order valence-electron chi connectivity index (χ3n) is 4.56. The molecule has 1 aromatic carbocycles. The van der Waals surface area contributed by atoms with Crippen molar-refractivity contribution in [3.05, 3.63) is 52.4 Å². The number of carbonyl (C=O) groups excluding carboxylic acids is 1. The van der Waals surface area contributed by atoms with Crippen molar-refractivity contribution < 1.29 is 13.9 Å². The summed E-state index contributed by atoms with van der Waals surface area (Å²) in [6, 6.07) is 11.0. The third-order valence-corrected chi connectivity index (χ3v) is 5.09. The van der Waals surface area contributed by atoms with E-state index in [9.17, 15) is 4.79 Å². The Morgan fingerprint density at radius 3 is 2.83 bits per heavy atom. The molecule has 2 aliphatic rings. The number of halogens is 1. The summed E-state index contributed by atoms with van der Waals surface area (Å²) in [5.74, 6) is 2.10. The van der Waals surface area contributed by atoms with Crippen molar-refractivity contribution in [2.45, 2.75) is 18.6 Å². The number of nitrogens with zero attached hydrogens (tertiary/aromatic N) is 1. The summed E-state index contributed by atoms with van der Waals surface area (Å²) in [4.78, 5) is 14.2. The van der Waals surface area contributed by atoms with E-state index in [0.717, 1.165) is 23.2 Å². The van der Waals surface area contributed by atoms with Crippen molar-refractivity contribution in [1.82, 2.24) is 4.90 Å². The van der Waals surface area contributed by atoms with E-state index in [1.54, 1.807) is 17.0 Å². The van der Waals surface area contributed by atoms with Crippen molar-refractivity contribution in [3.8, 4) is 5.75 Å². The lowest BCUT2D eigenvalue weighted by molar-refractivity contribution is 0.0736. The number of piperidine rings is 1. The Kier molecular flexibility index (Phi) is 3.46. The average Bonchev–Trinajstić information content (AvgIpc) is 2.92. The van der Waals surface area contributed by atoms with Crippen LogP contribution in [0.3, 0.4) is 0 Å². The van der Waals surface area contributed by atoms with Gasteiger partial charge in [-0.1, -0.05) is 15.9 Å². The molecule has 2 aromatic rings. The van der Waals surface area contributed by atoms with Gasteiger partial charge in [-0.2, -0.15) is 0 Å². The van der Waals surface area contributed by atoms with Crippen LogP contribution in [0.5, 0.6) is 5.75 Å². The molecule has 1 aliphatic carbocycles. The van der Waals surface area contributed by atoms with E-state index in [1.165, 1.54) is 0 Å². The van der Waals surface area contributed by atoms with Crippen LogP contribution >= 0.6 is 15.9 Å². The maximum absolute atomic E-state index is 12.4. The predicted molar refractivity (Wildman–Crippen MR) is 88.1 cm³/mol. The molecular weight excluding hydrogens is 360 g/mol. The van der Waals surface area contributed by atoms with E-state index in [0.29, 0.717) is 30.6 Å². The Balaban J connectivity index is 1.37. The molecule has 6 heteroatoms. The largest absolute Gasteiger partial charge is 0.486 e. The number of fused-ring (bicyclic) bond motifs is 1. The SMILES string of the molecule is N[C@]12C[C@H]1CN(C(=O)c1ccc(COc3ccc(Br)cc3)o1)C2. The van der Waals surface area contributed by atoms with Gasteiger partial charge < -0.3 is 19.8 Å². The molecule has 0 bridgehead atoms. The first kappa shape index (κ1) is 14.8. The molecule has 0 unspecified atom stereocenters. The standard InChI is InChI=1S/C17H17BrN2O3/c18-12-1-3-13(4-2-12)22-9-14-5-6-15(23-14)16(21)20-8-11-7-17(11,19)10-20/h1-6,11H,7-10,19H2/t11-,17-/m0/s1. The van der Waals surface area contributed by atoms with Gasteiger partial charge in [0.2, 0.25) is 0 Å². The summed E-state index contributed by atoms with van der Waals surface area (Å²) in [7, 11) is 0. The Bertz CT molecular complexity index is 743. The first-order valence-corrected chi connectivity index (χ1v) is 8.38. The van der Waals surface area contributed by atoms with Gasteiger partial charge in [0.25, 0.3) is 5.91 Å². The number of likely N-dealkylation sites (tertiary alicyclic amines) is 1. The van der Waals surface area contributed by atoms with E-state index in [1.807, 2.05) is 24.3 Å². The van der Waals surface area contributed by atoms with Gasteiger partial charge in [-0.15, -0.1) is 0 Å². The third kappa shape index (κ3) is 2.88. The molecule has 2 atom stereocenters. The molecule has 23 heavy (non-hydrogen) atoms. The van der Waals surface area contributed by atoms with E-state index in [2.05, 4.69) is 15.9 Å². The quantitative estimate of drug-likeness (QED) is 0.890. The molecule has 0 radical (unpaired) electrons. The Morgan fingerprint density at radius 1 is 1.35 bits per heavy atom. The van der Waals surface area contributed by atoms with E-state index in [-0.39, 0.29) is 11.4 Å². The molecule has 2 fully saturated rings. The van der Waals surface area contributed by atoms with E-state index in [4.69, 9.17) is 14.9 Å². The minimum absolute atomic E-state index is 0.0862. The molecule has 2 heterocycles. The van der Waals surface area contributed by atoms with Crippen molar-refractivity contribution in [1.29, 1.82) is 0 Å². The van der Waals surface area contributed by atoms with Gasteiger partial charge in [-0.05, 0) is 48.7 Å². The summed E-state index contributed by atoms with van der Waals surface area (Å²) in [5, 5.41) is 0. The smallest absolute Gasteiger partial charge is 0.289 e. The molecule has 0 spiro atoms. The molecule has 5 nitrogen and oxygen atoms in total. The summed E-state index contributed by atoms with van der Waals surface area (Å²) in [6.07, 6.45) is 1.03. The van der Waals surface area contributed by atoms with Crippen LogP contribution in [-0.2, 0) is 6.61 Å². The minimum Gasteiger partial charge on any atom is -0.486 e. The maximum Gasteiger partial charge on any atom is 0.289 e. The lowest BCUT2D eigenvalue weighted by Crippen LogP contribution is -2.36. The first-order chi connectivity index (χ1) is 11.0. The summed E-state index contributed by atoms with van der Waals surface area (Å²) < 4.78 is 12.3. The van der Waals surface area contributed by atoms with Crippen molar-refractivity contribution in [2.75, 3.05) is 13.1 Å². The molecular formula is C17H17BrN2O3. The molecule has 4 rings (SSSR count). The fraction of sp³-hybridized carbons (Fsp3) is 0.353. The molecule has 2 N–H and O–H groups in total. The van der Waals surface area contributed by atoms with E-state index < -0.39 is 0 Å². The number of hydrogen-bond acceptors (Lipinski definition) is 4. The Morgan fingerprint density at radius 2 is 2.13 bits per heavy atom. The number of amides is 1. The normalized spacial score (nSPS) is 25.3. The van der Waals surface area contributed by atoms with Gasteiger partial charge in [-0.3, -0.25) is 4.79 Å². The predicted octanol–water partition coefficient (Wildman–Crippen LogP) is 2.79. The van der Waals surface area contributed by atoms with Gasteiger partial charge >= 0.3 is 0 Å². The molecule has 1 amide bonds. The van der Waals surface area contributed by atoms with Gasteiger partial charge in [-0.25, -0.2) is 0 Å². The molecule has 1 saturated carbocycles. The monoisotopic (exact) mass is 376 g/mol. The molecule has 1 aliphatic heterocycles. The summed E-state index contributed by atoms with van der Waals surface area (Å²) in [5.41, 5.74) is 6.00. The Hall–Kier alpha value is -1.79. The van der Waals surface area contributed by atoms with E-state index >= 15 is 0 Å². The minimum atomic E-state index is -0.143. The van der Waals surface area contributed by atoms with Crippen LogP contribution in [0.2, 0.25) is 0 Å². The van der Waals surface area contributed by atoms with Crippen LogP contribution in [0.25, 0.3) is 0 Å². The molecule has 120 valence electrons. The number of hydrogen-bond donors (Lipinski definition) is 1. The highest BCUT2D eigenvalue weighted by atomic mass is 79.9. The lowest BCUT2D eigenvalue weighted by atomic mass is 10.3. The molecule has 1 aromatic heterocycles. The zero-order chi connectivity index (χ0) is 16.0. The average molecular weight is 377 g/mol. The summed E-state index contributed by atoms with van der Waals surface area (Å²) >= 11 is 3.38. The lowest BCUT2D eigenvalue weighted by Gasteiger charge is -2.17. The van der Waals surface area contributed by atoms with Crippen LogP contribution in [0.1, 0.15) is 22.7 Å². The number of ether oxygens (including phenoxy) is 1. The molecule has 1 saturated heterocycles. The fourth-order valence-corrected chi connectivity index (χ4v) is 3.36. The topological polar surface area (TPSA) is 68.7 Å². The zero-order valence-electron chi connectivity index (χ0n) is 12.5. The highest BCUT2D eigenvalue weighted by molar-refractivity contribution is 9.10. The second-order valence-electron chi connectivity index (χ2n) is 6.33. The fourth-order valence-electron chi connectivity index (χ4n) is 3.09. The van der Waals surface area contributed by atoms with Gasteiger partial charge in [0.1, 0.15) is 18.1 Å². The first-order valence-electron chi connectivity index (χ1n) is 7.59. The number of carbonyl (C=O) groups is 1. The summed E-state index contributed by atoms with van der Waals surface area (Å²) in [6.45, 7) is 1.65. The van der Waals surface area contributed by atoms with Gasteiger partial charge in [0.15, 0.2) is 5.76 Å². The van der Waals surface area contributed by atoms with Crippen LogP contribution < -0.4 is 10.5 Å². The van der Waals surface area contributed by atoms with Crippen LogP contribution in [0.4, 0.5) is 0 Å². The van der Waals surface area contributed by atoms with Crippen LogP contribution in [0, 0.1) is 5.92 Å². The highest BCUT2D eigenvalue weighted by Crippen LogP contribution is 2.47. The highest BCUT2D eigenvalue weighted by Gasteiger charge is 2.58. The van der Waals surface area contributed by atoms with Crippen molar-refractivity contribution in [2.24, 2.45) is 11.7 Å². The van der Waals surface area contributed by atoms with Crippen LogP contribution in [-0.4, -0.2) is 29.4 Å². The van der Waals surface area contributed by atoms with Crippen molar-refractivity contribution >= 4 is 21.8 Å². The second kappa shape index (κ2) is 5.39. The van der Waals surface area contributed by atoms with Crippen molar-refractivity contribution in [3.63, 3.8) is 0 Å². The number of nitrogens with two attached hydrogens (primary N) is 1. The zero-order valence-corrected chi connectivity index (χ0v) is 14.1. The maximum atomic E-state index is 12.4. The number of furan rings is 1. The second-order valence-corrected chi connectivity index (χ2v) is 7.24. The van der Waals surface area contributed by atoms with Gasteiger partial charge in [0.05, 0.1) is 0 Å². The Labute approximate surface area is 142 Å². The van der Waals surface area contributed by atoms with Gasteiger partial charge in [0, 0.05) is 23.1 Å². The number of benzene rings is 1.